The molecule has 0 radical (unpaired) electrons. The Hall–Kier alpha value is -3.06. The Labute approximate surface area is 164 Å². The Morgan fingerprint density at radius 1 is 1.18 bits per heavy atom. The number of nitrogens with one attached hydrogen (secondary N) is 1. The molecule has 0 spiro atoms. The van der Waals surface area contributed by atoms with Gasteiger partial charge < -0.3 is 10.2 Å². The van der Waals surface area contributed by atoms with Crippen LogP contribution in [0.2, 0.25) is 0 Å². The monoisotopic (exact) mass is 393 g/mol. The maximum atomic E-state index is 4.68. The average molecular weight is 393 g/mol. The van der Waals surface area contributed by atoms with Crippen molar-refractivity contribution in [1.29, 1.82) is 0 Å². The number of nitrogens with zero attached hydrogens (tertiary/aromatic N) is 8. The first-order valence-corrected chi connectivity index (χ1v) is 9.84. The standard InChI is InChI=1S/C18H20N9P/c1-25-9-12(10-28)17-24-23-15-7-11(8-16(25)27(15)17)13-3-5-19-18(21-13)22-14-4-6-20-26(14)2/h3-8,12H,9-10,28H2,1-2H3,(H,19,21,22). The molecule has 9 nitrogen and oxygen atoms in total. The Morgan fingerprint density at radius 3 is 2.86 bits per heavy atom. The van der Waals surface area contributed by atoms with Gasteiger partial charge in [-0.05, 0) is 24.4 Å². The zero-order valence-corrected chi connectivity index (χ0v) is 16.8. The summed E-state index contributed by atoms with van der Waals surface area (Å²) in [4.78, 5) is 11.3. The first kappa shape index (κ1) is 17.1. The van der Waals surface area contributed by atoms with E-state index in [4.69, 9.17) is 0 Å². The summed E-state index contributed by atoms with van der Waals surface area (Å²) in [6.07, 6.45) is 4.44. The third kappa shape index (κ3) is 2.70. The van der Waals surface area contributed by atoms with E-state index in [0.717, 1.165) is 47.1 Å². The lowest BCUT2D eigenvalue weighted by Gasteiger charge is -2.30. The minimum atomic E-state index is 0.358. The van der Waals surface area contributed by atoms with Gasteiger partial charge in [-0.3, -0.25) is 9.08 Å². The van der Waals surface area contributed by atoms with Crippen LogP contribution in [-0.4, -0.2) is 54.1 Å². The third-order valence-corrected chi connectivity index (χ3v) is 5.63. The van der Waals surface area contributed by atoms with Crippen molar-refractivity contribution in [2.45, 2.75) is 5.92 Å². The van der Waals surface area contributed by atoms with E-state index in [1.165, 1.54) is 0 Å². The van der Waals surface area contributed by atoms with Gasteiger partial charge in [0.25, 0.3) is 0 Å². The maximum Gasteiger partial charge on any atom is 0.228 e. The number of rotatable bonds is 4. The summed E-state index contributed by atoms with van der Waals surface area (Å²) >= 11 is 0. The molecule has 0 aliphatic carbocycles. The fourth-order valence-electron chi connectivity index (χ4n) is 3.59. The molecule has 2 atom stereocenters. The molecule has 5 rings (SSSR count). The molecule has 1 N–H and O–H groups in total. The summed E-state index contributed by atoms with van der Waals surface area (Å²) in [5, 5.41) is 16.2. The third-order valence-electron chi connectivity index (χ3n) is 5.06. The molecule has 0 saturated heterocycles. The normalized spacial score (nSPS) is 16.0. The van der Waals surface area contributed by atoms with Crippen molar-refractivity contribution in [3.8, 4) is 11.3 Å². The molecule has 1 aliphatic rings. The number of pyridine rings is 1. The fourth-order valence-corrected chi connectivity index (χ4v) is 3.95. The molecule has 0 aromatic carbocycles. The number of hydrogen-bond acceptors (Lipinski definition) is 7. The van der Waals surface area contributed by atoms with Crippen LogP contribution in [0.3, 0.4) is 0 Å². The summed E-state index contributed by atoms with van der Waals surface area (Å²) < 4.78 is 3.87. The van der Waals surface area contributed by atoms with Crippen molar-refractivity contribution in [3.63, 3.8) is 0 Å². The number of aromatic nitrogens is 7. The lowest BCUT2D eigenvalue weighted by molar-refractivity contribution is 0.643. The van der Waals surface area contributed by atoms with Crippen LogP contribution in [0.5, 0.6) is 0 Å². The first-order chi connectivity index (χ1) is 13.6. The van der Waals surface area contributed by atoms with E-state index < -0.39 is 0 Å². The number of likely N-dealkylation sites (N-methyl/N-ethyl adjacent to an activating group) is 1. The molecule has 5 heterocycles. The minimum Gasteiger partial charge on any atom is -0.360 e. The highest BCUT2D eigenvalue weighted by atomic mass is 31.0. The fraction of sp³-hybridized carbons (Fsp3) is 0.278. The van der Waals surface area contributed by atoms with Gasteiger partial charge >= 0.3 is 0 Å². The summed E-state index contributed by atoms with van der Waals surface area (Å²) in [5.41, 5.74) is 2.63. The summed E-state index contributed by atoms with van der Waals surface area (Å²) in [6, 6.07) is 7.93. The molecular formula is C18H20N9P. The van der Waals surface area contributed by atoms with Gasteiger partial charge in [0.05, 0.1) is 11.9 Å². The van der Waals surface area contributed by atoms with Crippen LogP contribution in [0.25, 0.3) is 16.9 Å². The van der Waals surface area contributed by atoms with Crippen LogP contribution < -0.4 is 10.2 Å². The molecule has 10 heteroatoms. The van der Waals surface area contributed by atoms with E-state index in [0.29, 0.717) is 11.9 Å². The first-order valence-electron chi connectivity index (χ1n) is 9.03. The largest absolute Gasteiger partial charge is 0.360 e. The summed E-state index contributed by atoms with van der Waals surface area (Å²) in [6.45, 7) is 0.914. The molecule has 0 fully saturated rings. The van der Waals surface area contributed by atoms with Gasteiger partial charge in [0.1, 0.15) is 17.5 Å². The molecular weight excluding hydrogens is 373 g/mol. The topological polar surface area (TPSA) is 89.1 Å². The Morgan fingerprint density at radius 2 is 2.07 bits per heavy atom. The molecule has 28 heavy (non-hydrogen) atoms. The minimum absolute atomic E-state index is 0.358. The smallest absolute Gasteiger partial charge is 0.228 e. The van der Waals surface area contributed by atoms with Gasteiger partial charge in [0.15, 0.2) is 5.65 Å². The van der Waals surface area contributed by atoms with Gasteiger partial charge in [0.2, 0.25) is 5.95 Å². The zero-order chi connectivity index (χ0) is 19.3. The molecule has 0 saturated carbocycles. The molecule has 1 aliphatic heterocycles. The molecule has 142 valence electrons. The van der Waals surface area contributed by atoms with Crippen molar-refractivity contribution >= 4 is 32.5 Å². The van der Waals surface area contributed by atoms with Crippen LogP contribution in [0.4, 0.5) is 17.6 Å². The van der Waals surface area contributed by atoms with Crippen LogP contribution in [0, 0.1) is 0 Å². The van der Waals surface area contributed by atoms with Crippen LogP contribution in [0.1, 0.15) is 11.7 Å². The van der Waals surface area contributed by atoms with Gasteiger partial charge in [-0.25, -0.2) is 9.97 Å². The lowest BCUT2D eigenvalue weighted by atomic mass is 10.1. The SMILES string of the molecule is CN1CC(CP)c2nnc3cc(-c4ccnc(Nc5ccnn5C)n4)cc1n23. The highest BCUT2D eigenvalue weighted by Gasteiger charge is 2.27. The predicted molar refractivity (Wildman–Crippen MR) is 111 cm³/mol. The molecule has 2 unspecified atom stereocenters. The van der Waals surface area contributed by atoms with Gasteiger partial charge in [0, 0.05) is 44.4 Å². The molecule has 0 amide bonds. The van der Waals surface area contributed by atoms with Crippen molar-refractivity contribution < 1.29 is 0 Å². The molecule has 4 aromatic heterocycles. The number of aryl methyl sites for hydroxylation is 1. The van der Waals surface area contributed by atoms with Gasteiger partial charge in [-0.1, -0.05) is 0 Å². The van der Waals surface area contributed by atoms with Crippen LogP contribution in [-0.2, 0) is 7.05 Å². The number of hydrogen-bond donors (Lipinski definition) is 1. The Kier molecular flexibility index (Phi) is 3.98. The lowest BCUT2D eigenvalue weighted by Crippen LogP contribution is -2.32. The highest BCUT2D eigenvalue weighted by molar-refractivity contribution is 7.16. The van der Waals surface area contributed by atoms with E-state index in [1.807, 2.05) is 25.2 Å². The number of anilines is 3. The molecule has 0 bridgehead atoms. The van der Waals surface area contributed by atoms with Gasteiger partial charge in [-0.2, -0.15) is 5.10 Å². The van der Waals surface area contributed by atoms with Crippen molar-refractivity contribution in [2.75, 3.05) is 30.0 Å². The van der Waals surface area contributed by atoms with E-state index in [1.54, 1.807) is 17.1 Å². The second-order valence-electron chi connectivity index (χ2n) is 6.90. The van der Waals surface area contributed by atoms with Crippen molar-refractivity contribution in [1.82, 2.24) is 34.3 Å². The summed E-state index contributed by atoms with van der Waals surface area (Å²) in [7, 11) is 6.78. The van der Waals surface area contributed by atoms with E-state index >= 15 is 0 Å². The van der Waals surface area contributed by atoms with Crippen LogP contribution in [0.15, 0.2) is 36.7 Å². The summed E-state index contributed by atoms with van der Waals surface area (Å²) in [5.74, 6) is 3.80. The Balaban J connectivity index is 1.57. The zero-order valence-electron chi connectivity index (χ0n) is 15.6. The maximum absolute atomic E-state index is 4.68. The second kappa shape index (κ2) is 6.53. The average Bonchev–Trinajstić information content (AvgIpc) is 3.31. The Bertz CT molecular complexity index is 1170. The van der Waals surface area contributed by atoms with E-state index in [9.17, 15) is 0 Å². The second-order valence-corrected chi connectivity index (χ2v) is 7.37. The van der Waals surface area contributed by atoms with Gasteiger partial charge in [-0.15, -0.1) is 19.4 Å². The van der Waals surface area contributed by atoms with Crippen LogP contribution >= 0.6 is 9.24 Å². The van der Waals surface area contributed by atoms with E-state index in [-0.39, 0.29) is 0 Å². The molecule has 4 aromatic rings. The predicted octanol–water partition coefficient (Wildman–Crippen LogP) is 2.07. The van der Waals surface area contributed by atoms with E-state index in [2.05, 4.69) is 62.2 Å². The van der Waals surface area contributed by atoms with Crippen molar-refractivity contribution in [3.05, 3.63) is 42.5 Å². The quantitative estimate of drug-likeness (QED) is 0.531. The highest BCUT2D eigenvalue weighted by Crippen LogP contribution is 2.33. The van der Waals surface area contributed by atoms with Crippen molar-refractivity contribution in [2.24, 2.45) is 7.05 Å².